The smallest absolute Gasteiger partial charge is 0.254 e. The summed E-state index contributed by atoms with van der Waals surface area (Å²) in [6, 6.07) is 12.1. The van der Waals surface area contributed by atoms with Crippen LogP contribution in [0.2, 0.25) is 0 Å². The zero-order valence-corrected chi connectivity index (χ0v) is 18.2. The lowest BCUT2D eigenvalue weighted by Gasteiger charge is -2.28. The van der Waals surface area contributed by atoms with Gasteiger partial charge in [-0.05, 0) is 35.6 Å². The summed E-state index contributed by atoms with van der Waals surface area (Å²) in [5.74, 6) is 1.11. The Bertz CT molecular complexity index is 1080. The van der Waals surface area contributed by atoms with E-state index in [1.54, 1.807) is 6.20 Å². The second-order valence-electron chi connectivity index (χ2n) is 8.41. The van der Waals surface area contributed by atoms with Crippen molar-refractivity contribution in [3.8, 4) is 0 Å². The summed E-state index contributed by atoms with van der Waals surface area (Å²) < 4.78 is 11.3. The Balaban J connectivity index is 1.32. The molecule has 4 heterocycles. The molecule has 5 rings (SSSR count). The first-order chi connectivity index (χ1) is 15.8. The number of aromatic nitrogens is 2. The number of rotatable bonds is 4. The van der Waals surface area contributed by atoms with Gasteiger partial charge in [-0.1, -0.05) is 18.2 Å². The highest BCUT2D eigenvalue weighted by molar-refractivity contribution is 5.95. The maximum atomic E-state index is 13.4. The van der Waals surface area contributed by atoms with Crippen LogP contribution >= 0.6 is 0 Å². The van der Waals surface area contributed by atoms with Crippen molar-refractivity contribution in [1.82, 2.24) is 14.9 Å². The summed E-state index contributed by atoms with van der Waals surface area (Å²) in [5.41, 5.74) is 1.92. The second kappa shape index (κ2) is 9.63. The maximum Gasteiger partial charge on any atom is 0.254 e. The topological polar surface area (TPSA) is 67.8 Å². The van der Waals surface area contributed by atoms with Crippen molar-refractivity contribution in [2.45, 2.75) is 6.42 Å². The molecule has 32 heavy (non-hydrogen) atoms. The molecule has 1 aromatic carbocycles. The summed E-state index contributed by atoms with van der Waals surface area (Å²) in [5, 5.41) is 2.36. The predicted molar refractivity (Wildman–Crippen MR) is 123 cm³/mol. The number of fused-ring (bicyclic) bond motifs is 1. The first-order valence-electron chi connectivity index (χ1n) is 11.3. The van der Waals surface area contributed by atoms with Crippen molar-refractivity contribution in [2.24, 2.45) is 5.92 Å². The Labute approximate surface area is 188 Å². The minimum atomic E-state index is 0.0389. The number of ether oxygens (including phenoxy) is 2. The standard InChI is InChI=1S/C25H28N4O3/c30-25(22-5-7-27-24(15-22)28-8-11-31-12-9-28)29-10-13-32-18-19(17-29)14-21-3-1-2-20-4-6-26-16-23(20)21/h1-7,15-16,19H,8-14,17-18H2. The summed E-state index contributed by atoms with van der Waals surface area (Å²) in [6.07, 6.45) is 6.32. The zero-order valence-electron chi connectivity index (χ0n) is 18.2. The van der Waals surface area contributed by atoms with Crippen LogP contribution in [0.5, 0.6) is 0 Å². The van der Waals surface area contributed by atoms with E-state index in [4.69, 9.17) is 9.47 Å². The number of morpholine rings is 1. The van der Waals surface area contributed by atoms with Crippen molar-refractivity contribution < 1.29 is 14.3 Å². The van der Waals surface area contributed by atoms with Gasteiger partial charge in [-0.25, -0.2) is 4.98 Å². The lowest BCUT2D eigenvalue weighted by atomic mass is 9.95. The number of anilines is 1. The molecule has 0 N–H and O–H groups in total. The number of hydrogen-bond donors (Lipinski definition) is 0. The number of nitrogens with zero attached hydrogens (tertiary/aromatic N) is 4. The van der Waals surface area contributed by atoms with E-state index >= 15 is 0 Å². The van der Waals surface area contributed by atoms with E-state index in [9.17, 15) is 4.79 Å². The molecule has 2 saturated heterocycles. The van der Waals surface area contributed by atoms with Gasteiger partial charge in [0.05, 0.1) is 26.4 Å². The molecule has 1 atom stereocenters. The van der Waals surface area contributed by atoms with Crippen LogP contribution in [0.3, 0.4) is 0 Å². The zero-order chi connectivity index (χ0) is 21.8. The van der Waals surface area contributed by atoms with Crippen LogP contribution in [0.1, 0.15) is 15.9 Å². The van der Waals surface area contributed by atoms with Gasteiger partial charge in [0.15, 0.2) is 0 Å². The molecule has 0 saturated carbocycles. The first-order valence-corrected chi connectivity index (χ1v) is 11.3. The second-order valence-corrected chi connectivity index (χ2v) is 8.41. The minimum Gasteiger partial charge on any atom is -0.379 e. The fourth-order valence-corrected chi connectivity index (χ4v) is 4.55. The highest BCUT2D eigenvalue weighted by Gasteiger charge is 2.25. The van der Waals surface area contributed by atoms with E-state index < -0.39 is 0 Å². The largest absolute Gasteiger partial charge is 0.379 e. The molecular formula is C25H28N4O3. The van der Waals surface area contributed by atoms with E-state index in [2.05, 4.69) is 33.1 Å². The molecule has 7 nitrogen and oxygen atoms in total. The molecule has 0 radical (unpaired) electrons. The van der Waals surface area contributed by atoms with E-state index in [0.717, 1.165) is 25.3 Å². The Kier molecular flexibility index (Phi) is 6.27. The van der Waals surface area contributed by atoms with E-state index in [0.29, 0.717) is 45.1 Å². The fraction of sp³-hybridized carbons (Fsp3) is 0.400. The fourth-order valence-electron chi connectivity index (χ4n) is 4.55. The molecular weight excluding hydrogens is 404 g/mol. The molecule has 166 valence electrons. The van der Waals surface area contributed by atoms with Gasteiger partial charge >= 0.3 is 0 Å². The molecule has 0 aliphatic carbocycles. The lowest BCUT2D eigenvalue weighted by Crippen LogP contribution is -2.38. The molecule has 1 amide bonds. The summed E-state index contributed by atoms with van der Waals surface area (Å²) in [7, 11) is 0. The number of carbonyl (C=O) groups is 1. The number of pyridine rings is 2. The van der Waals surface area contributed by atoms with Crippen molar-refractivity contribution >= 4 is 22.5 Å². The van der Waals surface area contributed by atoms with Gasteiger partial charge in [-0.3, -0.25) is 9.78 Å². The highest BCUT2D eigenvalue weighted by atomic mass is 16.5. The van der Waals surface area contributed by atoms with Crippen molar-refractivity contribution in [3.05, 3.63) is 66.1 Å². The number of carbonyl (C=O) groups excluding carboxylic acids is 1. The van der Waals surface area contributed by atoms with Gasteiger partial charge in [-0.2, -0.15) is 0 Å². The van der Waals surface area contributed by atoms with Crippen LogP contribution in [0.25, 0.3) is 10.8 Å². The number of amides is 1. The number of benzene rings is 1. The molecule has 2 aromatic heterocycles. The van der Waals surface area contributed by atoms with Crippen LogP contribution in [0.15, 0.2) is 55.0 Å². The van der Waals surface area contributed by atoms with Crippen LogP contribution in [0.4, 0.5) is 5.82 Å². The van der Waals surface area contributed by atoms with Gasteiger partial charge in [0.25, 0.3) is 5.91 Å². The maximum absolute atomic E-state index is 13.4. The SMILES string of the molecule is O=C(c1ccnc(N2CCOCC2)c1)N1CCOCC(Cc2cccc3ccncc23)C1. The van der Waals surface area contributed by atoms with E-state index in [1.165, 1.54) is 16.3 Å². The third kappa shape index (κ3) is 4.59. The van der Waals surface area contributed by atoms with Crippen molar-refractivity contribution in [1.29, 1.82) is 0 Å². The molecule has 3 aromatic rings. The highest BCUT2D eigenvalue weighted by Crippen LogP contribution is 2.23. The Morgan fingerprint density at radius 3 is 2.81 bits per heavy atom. The van der Waals surface area contributed by atoms with Gasteiger partial charge in [0.1, 0.15) is 5.82 Å². The average molecular weight is 433 g/mol. The summed E-state index contributed by atoms with van der Waals surface area (Å²) in [4.78, 5) is 26.3. The summed E-state index contributed by atoms with van der Waals surface area (Å²) >= 11 is 0. The third-order valence-corrected chi connectivity index (χ3v) is 6.23. The molecule has 0 spiro atoms. The van der Waals surface area contributed by atoms with Crippen LogP contribution < -0.4 is 4.90 Å². The average Bonchev–Trinajstić information content (AvgIpc) is 3.10. The van der Waals surface area contributed by atoms with Crippen LogP contribution in [-0.2, 0) is 15.9 Å². The third-order valence-electron chi connectivity index (χ3n) is 6.23. The Morgan fingerprint density at radius 1 is 1.03 bits per heavy atom. The Hall–Kier alpha value is -3.03. The Morgan fingerprint density at radius 2 is 1.91 bits per heavy atom. The molecule has 2 aliphatic heterocycles. The van der Waals surface area contributed by atoms with E-state index in [1.807, 2.05) is 35.5 Å². The van der Waals surface area contributed by atoms with Crippen molar-refractivity contribution in [2.75, 3.05) is 57.5 Å². The molecule has 1 unspecified atom stereocenters. The predicted octanol–water partition coefficient (Wildman–Crippen LogP) is 2.80. The molecule has 2 aliphatic rings. The summed E-state index contributed by atoms with van der Waals surface area (Å²) in [6.45, 7) is 5.45. The molecule has 0 bridgehead atoms. The first kappa shape index (κ1) is 20.8. The monoisotopic (exact) mass is 432 g/mol. The van der Waals surface area contributed by atoms with Crippen molar-refractivity contribution in [3.63, 3.8) is 0 Å². The van der Waals surface area contributed by atoms with Gasteiger partial charge in [0, 0.05) is 61.6 Å². The van der Waals surface area contributed by atoms with Gasteiger partial charge < -0.3 is 19.3 Å². The van der Waals surface area contributed by atoms with Gasteiger partial charge in [0.2, 0.25) is 0 Å². The van der Waals surface area contributed by atoms with Crippen LogP contribution in [-0.4, -0.2) is 73.4 Å². The molecule has 2 fully saturated rings. The quantitative estimate of drug-likeness (QED) is 0.632. The number of hydrogen-bond acceptors (Lipinski definition) is 6. The minimum absolute atomic E-state index is 0.0389. The normalized spacial score (nSPS) is 19.7. The van der Waals surface area contributed by atoms with E-state index in [-0.39, 0.29) is 11.8 Å². The molecule has 7 heteroatoms. The lowest BCUT2D eigenvalue weighted by molar-refractivity contribution is 0.0737. The van der Waals surface area contributed by atoms with Crippen LogP contribution in [0, 0.1) is 5.92 Å². The van der Waals surface area contributed by atoms with Gasteiger partial charge in [-0.15, -0.1) is 0 Å².